The van der Waals surface area contributed by atoms with Gasteiger partial charge >= 0.3 is 6.18 Å². The largest absolute Gasteiger partial charge is 0.413 e. The van der Waals surface area contributed by atoms with Crippen LogP contribution < -0.4 is 0 Å². The number of hydrogen-bond acceptors (Lipinski definition) is 1. The average molecular weight is 191 g/mol. The van der Waals surface area contributed by atoms with E-state index in [4.69, 9.17) is 0 Å². The van der Waals surface area contributed by atoms with Crippen LogP contribution in [0.2, 0.25) is 0 Å². The number of hydrogen-bond donors (Lipinski definition) is 0. The Labute approximate surface area is 75.7 Å². The predicted octanol–water partition coefficient (Wildman–Crippen LogP) is 3.49. The summed E-state index contributed by atoms with van der Waals surface area (Å²) in [6.07, 6.45) is -0.0925. The first-order valence-electron chi connectivity index (χ1n) is 3.79. The van der Waals surface area contributed by atoms with Crippen LogP contribution in [0.5, 0.6) is 0 Å². The van der Waals surface area contributed by atoms with E-state index in [9.17, 15) is 13.2 Å². The lowest BCUT2D eigenvalue weighted by atomic mass is 10.3. The zero-order valence-electron chi connectivity index (χ0n) is 7.81. The molecule has 0 rings (SSSR count). The van der Waals surface area contributed by atoms with Crippen molar-refractivity contribution in [1.82, 2.24) is 0 Å². The van der Waals surface area contributed by atoms with Crippen LogP contribution in [0.15, 0.2) is 28.9 Å². The smallest absolute Gasteiger partial charge is 0.261 e. The Hall–Kier alpha value is -1.06. The second kappa shape index (κ2) is 4.84. The van der Waals surface area contributed by atoms with Crippen LogP contribution >= 0.6 is 0 Å². The van der Waals surface area contributed by atoms with Crippen molar-refractivity contribution in [1.29, 1.82) is 0 Å². The minimum atomic E-state index is -4.28. The van der Waals surface area contributed by atoms with Crippen LogP contribution in [0.4, 0.5) is 13.2 Å². The van der Waals surface area contributed by atoms with Gasteiger partial charge in [-0.3, -0.25) is 4.99 Å². The van der Waals surface area contributed by atoms with E-state index in [2.05, 4.69) is 4.99 Å². The molecule has 1 nitrogen and oxygen atoms in total. The van der Waals surface area contributed by atoms with Gasteiger partial charge in [-0.15, -0.1) is 0 Å². The number of nitrogens with zero attached hydrogens (tertiary/aromatic N) is 1. The van der Waals surface area contributed by atoms with Gasteiger partial charge in [0.2, 0.25) is 0 Å². The summed E-state index contributed by atoms with van der Waals surface area (Å²) in [4.78, 5) is 3.63. The number of halogens is 3. The maximum absolute atomic E-state index is 11.9. The van der Waals surface area contributed by atoms with Gasteiger partial charge in [-0.25, -0.2) is 0 Å². The van der Waals surface area contributed by atoms with Crippen LogP contribution in [0.3, 0.4) is 0 Å². The zero-order valence-corrected chi connectivity index (χ0v) is 7.81. The van der Waals surface area contributed by atoms with Gasteiger partial charge in [0.15, 0.2) is 0 Å². The van der Waals surface area contributed by atoms with Crippen LogP contribution in [0, 0.1) is 0 Å². The molecule has 0 atom stereocenters. The van der Waals surface area contributed by atoms with Crippen molar-refractivity contribution in [3.63, 3.8) is 0 Å². The van der Waals surface area contributed by atoms with Gasteiger partial charge in [0.1, 0.15) is 0 Å². The third-order valence-electron chi connectivity index (χ3n) is 1.32. The Kier molecular flexibility index (Phi) is 4.45. The number of alkyl halides is 3. The second-order valence-corrected chi connectivity index (χ2v) is 2.58. The summed E-state index contributed by atoms with van der Waals surface area (Å²) < 4.78 is 35.8. The molecule has 0 radical (unpaired) electrons. The molecular weight excluding hydrogens is 179 g/mol. The highest BCUT2D eigenvalue weighted by molar-refractivity contribution is 5.93. The van der Waals surface area contributed by atoms with Gasteiger partial charge < -0.3 is 0 Å². The standard InChI is InChI=1S/C9H12F3N/c1-4-5-8(3)13-6-7(2)9(10,11)12/h4-6H,1-3H3/b5-4-,7-6+,13-8-. The Bertz CT molecular complexity index is 246. The Morgan fingerprint density at radius 3 is 2.15 bits per heavy atom. The molecule has 0 bridgehead atoms. The summed E-state index contributed by atoms with van der Waals surface area (Å²) in [5.41, 5.74) is -0.151. The molecule has 0 aliphatic rings. The van der Waals surface area contributed by atoms with E-state index in [1.54, 1.807) is 26.0 Å². The van der Waals surface area contributed by atoms with E-state index in [1.807, 2.05) is 0 Å². The fourth-order valence-electron chi connectivity index (χ4n) is 0.556. The number of allylic oxidation sites excluding steroid dienone is 3. The summed E-state index contributed by atoms with van der Waals surface area (Å²) in [7, 11) is 0. The Balaban J connectivity index is 4.51. The maximum atomic E-state index is 11.9. The normalized spacial score (nSPS) is 15.5. The average Bonchev–Trinajstić information content (AvgIpc) is 1.99. The molecule has 0 spiro atoms. The van der Waals surface area contributed by atoms with Crippen LogP contribution in [-0.4, -0.2) is 11.9 Å². The molecule has 0 aromatic heterocycles. The highest BCUT2D eigenvalue weighted by atomic mass is 19.4. The number of aliphatic imine (C=N–C) groups is 1. The molecular formula is C9H12F3N. The molecule has 0 N–H and O–H groups in total. The second-order valence-electron chi connectivity index (χ2n) is 2.58. The molecule has 0 heterocycles. The number of rotatable bonds is 2. The lowest BCUT2D eigenvalue weighted by Crippen LogP contribution is -2.08. The third kappa shape index (κ3) is 5.22. The molecule has 13 heavy (non-hydrogen) atoms. The summed E-state index contributed by atoms with van der Waals surface area (Å²) in [5, 5.41) is 0. The first kappa shape index (κ1) is 11.9. The first-order valence-corrected chi connectivity index (χ1v) is 3.79. The van der Waals surface area contributed by atoms with E-state index in [1.165, 1.54) is 0 Å². The SMILES string of the molecule is C\C=C/C(C)=N\C=C(/C)C(F)(F)F. The van der Waals surface area contributed by atoms with E-state index in [-0.39, 0.29) is 0 Å². The van der Waals surface area contributed by atoms with Gasteiger partial charge in [0, 0.05) is 17.5 Å². The molecule has 0 fully saturated rings. The van der Waals surface area contributed by atoms with Crippen molar-refractivity contribution < 1.29 is 13.2 Å². The van der Waals surface area contributed by atoms with Crippen molar-refractivity contribution in [3.8, 4) is 0 Å². The molecule has 0 aromatic rings. The van der Waals surface area contributed by atoms with E-state index >= 15 is 0 Å². The Morgan fingerprint density at radius 1 is 1.23 bits per heavy atom. The molecule has 0 aliphatic carbocycles. The van der Waals surface area contributed by atoms with Gasteiger partial charge in [0.05, 0.1) is 0 Å². The molecule has 0 aromatic carbocycles. The molecule has 0 unspecified atom stereocenters. The zero-order chi connectivity index (χ0) is 10.5. The predicted molar refractivity (Wildman–Crippen MR) is 47.7 cm³/mol. The van der Waals surface area contributed by atoms with E-state index in [0.717, 1.165) is 13.1 Å². The molecule has 0 saturated carbocycles. The van der Waals surface area contributed by atoms with E-state index in [0.29, 0.717) is 5.71 Å². The monoisotopic (exact) mass is 191 g/mol. The minimum absolute atomic E-state index is 0.547. The molecule has 0 amide bonds. The summed E-state index contributed by atoms with van der Waals surface area (Å²) >= 11 is 0. The van der Waals surface area contributed by atoms with Gasteiger partial charge in [-0.2, -0.15) is 13.2 Å². The van der Waals surface area contributed by atoms with Crippen LogP contribution in [-0.2, 0) is 0 Å². The maximum Gasteiger partial charge on any atom is 0.413 e. The van der Waals surface area contributed by atoms with Gasteiger partial charge in [-0.05, 0) is 26.8 Å². The first-order chi connectivity index (χ1) is 5.88. The molecule has 4 heteroatoms. The summed E-state index contributed by atoms with van der Waals surface area (Å²) in [6.45, 7) is 4.41. The highest BCUT2D eigenvalue weighted by Crippen LogP contribution is 2.24. The third-order valence-corrected chi connectivity index (χ3v) is 1.32. The van der Waals surface area contributed by atoms with E-state index < -0.39 is 11.7 Å². The van der Waals surface area contributed by atoms with Crippen molar-refractivity contribution in [2.45, 2.75) is 26.9 Å². The lowest BCUT2D eigenvalue weighted by molar-refractivity contribution is -0.0914. The summed E-state index contributed by atoms with van der Waals surface area (Å²) in [6, 6.07) is 0. The van der Waals surface area contributed by atoms with Crippen LogP contribution in [0.25, 0.3) is 0 Å². The highest BCUT2D eigenvalue weighted by Gasteiger charge is 2.29. The van der Waals surface area contributed by atoms with Crippen molar-refractivity contribution in [3.05, 3.63) is 23.9 Å². The molecule has 74 valence electrons. The quantitative estimate of drug-likeness (QED) is 0.592. The van der Waals surface area contributed by atoms with Crippen molar-refractivity contribution in [2.75, 3.05) is 0 Å². The van der Waals surface area contributed by atoms with Crippen molar-refractivity contribution in [2.24, 2.45) is 4.99 Å². The minimum Gasteiger partial charge on any atom is -0.261 e. The molecule has 0 saturated heterocycles. The van der Waals surface area contributed by atoms with Crippen molar-refractivity contribution >= 4 is 5.71 Å². The fourth-order valence-corrected chi connectivity index (χ4v) is 0.556. The lowest BCUT2D eigenvalue weighted by Gasteiger charge is -2.03. The van der Waals surface area contributed by atoms with Gasteiger partial charge in [0.25, 0.3) is 0 Å². The summed E-state index contributed by atoms with van der Waals surface area (Å²) in [5.74, 6) is 0. The Morgan fingerprint density at radius 2 is 1.77 bits per heavy atom. The molecule has 0 aliphatic heterocycles. The van der Waals surface area contributed by atoms with Crippen LogP contribution in [0.1, 0.15) is 20.8 Å². The van der Waals surface area contributed by atoms with Gasteiger partial charge in [-0.1, -0.05) is 6.08 Å². The fraction of sp³-hybridized carbons (Fsp3) is 0.444. The topological polar surface area (TPSA) is 12.4 Å².